The molecule has 0 aromatic heterocycles. The van der Waals surface area contributed by atoms with Crippen LogP contribution in [0.25, 0.3) is 0 Å². The first-order valence-corrected chi connectivity index (χ1v) is 5.82. The van der Waals surface area contributed by atoms with Crippen molar-refractivity contribution in [3.05, 3.63) is 0 Å². The fraction of sp³-hybridized carbons (Fsp3) is 0.909. The summed E-state index contributed by atoms with van der Waals surface area (Å²) in [6.45, 7) is 2.81. The average molecular weight is 226 g/mol. The number of ether oxygens (including phenoxy) is 1. The van der Waals surface area contributed by atoms with E-state index in [0.29, 0.717) is 12.1 Å². The third-order valence-electron chi connectivity index (χ3n) is 3.70. The summed E-state index contributed by atoms with van der Waals surface area (Å²) in [6, 6.07) is 0. The Morgan fingerprint density at radius 1 is 1.56 bits per heavy atom. The Kier molecular flexibility index (Phi) is 3.08. The van der Waals surface area contributed by atoms with Crippen LogP contribution in [-0.2, 0) is 4.74 Å². The zero-order chi connectivity index (χ0) is 11.8. The molecule has 0 amide bonds. The van der Waals surface area contributed by atoms with E-state index in [0.717, 1.165) is 32.5 Å². The summed E-state index contributed by atoms with van der Waals surface area (Å²) in [6.07, 6.45) is 2.50. The van der Waals surface area contributed by atoms with Crippen LogP contribution in [0.3, 0.4) is 0 Å². The second-order valence-corrected chi connectivity index (χ2v) is 5.12. The van der Waals surface area contributed by atoms with E-state index in [9.17, 15) is 0 Å². The van der Waals surface area contributed by atoms with Crippen molar-refractivity contribution in [3.63, 3.8) is 0 Å². The first kappa shape index (κ1) is 11.7. The van der Waals surface area contributed by atoms with Gasteiger partial charge < -0.3 is 20.3 Å². The largest absolute Gasteiger partial charge is 0.381 e. The SMILES string of the molecule is COC1CC2(CN=C(N)N2CCN(C)C)C1. The zero-order valence-electron chi connectivity index (χ0n) is 10.4. The monoisotopic (exact) mass is 226 g/mol. The molecule has 0 radical (unpaired) electrons. The second-order valence-electron chi connectivity index (χ2n) is 5.12. The van der Waals surface area contributed by atoms with E-state index in [2.05, 4.69) is 28.9 Å². The highest BCUT2D eigenvalue weighted by Crippen LogP contribution is 2.42. The van der Waals surface area contributed by atoms with Gasteiger partial charge in [0.2, 0.25) is 0 Å². The molecule has 1 aliphatic carbocycles. The number of likely N-dealkylation sites (N-methyl/N-ethyl adjacent to an activating group) is 1. The van der Waals surface area contributed by atoms with E-state index in [4.69, 9.17) is 10.5 Å². The van der Waals surface area contributed by atoms with Gasteiger partial charge in [-0.15, -0.1) is 0 Å². The molecule has 5 nitrogen and oxygen atoms in total. The molecule has 0 aromatic rings. The summed E-state index contributed by atoms with van der Waals surface area (Å²) in [5.74, 6) is 0.705. The van der Waals surface area contributed by atoms with Crippen molar-refractivity contribution in [1.29, 1.82) is 0 Å². The molecule has 0 bridgehead atoms. The van der Waals surface area contributed by atoms with E-state index < -0.39 is 0 Å². The molecule has 1 heterocycles. The molecule has 0 saturated heterocycles. The van der Waals surface area contributed by atoms with Gasteiger partial charge in [0, 0.05) is 20.2 Å². The fourth-order valence-electron chi connectivity index (χ4n) is 2.60. The highest BCUT2D eigenvalue weighted by atomic mass is 16.5. The Bertz CT molecular complexity index is 284. The maximum Gasteiger partial charge on any atom is 0.191 e. The number of guanidine groups is 1. The maximum atomic E-state index is 5.95. The van der Waals surface area contributed by atoms with Crippen LogP contribution >= 0.6 is 0 Å². The van der Waals surface area contributed by atoms with Gasteiger partial charge in [0.25, 0.3) is 0 Å². The lowest BCUT2D eigenvalue weighted by molar-refractivity contribution is -0.0571. The molecule has 1 saturated carbocycles. The highest BCUT2D eigenvalue weighted by Gasteiger charge is 2.52. The van der Waals surface area contributed by atoms with Crippen LogP contribution in [0.4, 0.5) is 0 Å². The minimum Gasteiger partial charge on any atom is -0.381 e. The molecular formula is C11H22N4O. The van der Waals surface area contributed by atoms with Gasteiger partial charge in [-0.05, 0) is 26.9 Å². The molecule has 1 aliphatic heterocycles. The summed E-state index contributed by atoms with van der Waals surface area (Å²) in [4.78, 5) is 8.82. The minimum atomic E-state index is 0.167. The van der Waals surface area contributed by atoms with Crippen molar-refractivity contribution in [2.24, 2.45) is 10.7 Å². The van der Waals surface area contributed by atoms with Gasteiger partial charge in [0.1, 0.15) is 0 Å². The second kappa shape index (κ2) is 4.22. The third kappa shape index (κ3) is 1.89. The van der Waals surface area contributed by atoms with Gasteiger partial charge in [0.15, 0.2) is 5.96 Å². The summed E-state index contributed by atoms with van der Waals surface area (Å²) < 4.78 is 5.35. The van der Waals surface area contributed by atoms with Crippen molar-refractivity contribution in [1.82, 2.24) is 9.80 Å². The van der Waals surface area contributed by atoms with Crippen LogP contribution in [0.15, 0.2) is 4.99 Å². The van der Waals surface area contributed by atoms with Gasteiger partial charge >= 0.3 is 0 Å². The lowest BCUT2D eigenvalue weighted by Gasteiger charge is -2.50. The van der Waals surface area contributed by atoms with Crippen molar-refractivity contribution in [3.8, 4) is 0 Å². The van der Waals surface area contributed by atoms with Crippen molar-refractivity contribution >= 4 is 5.96 Å². The fourth-order valence-corrected chi connectivity index (χ4v) is 2.60. The van der Waals surface area contributed by atoms with Crippen LogP contribution in [0.2, 0.25) is 0 Å². The summed E-state index contributed by atoms with van der Waals surface area (Å²) in [5.41, 5.74) is 6.12. The normalized spacial score (nSPS) is 33.4. The number of rotatable bonds is 4. The molecule has 2 N–H and O–H groups in total. The number of methoxy groups -OCH3 is 1. The topological polar surface area (TPSA) is 54.1 Å². The van der Waals surface area contributed by atoms with E-state index in [1.165, 1.54) is 0 Å². The molecule has 0 atom stereocenters. The van der Waals surface area contributed by atoms with Gasteiger partial charge in [-0.1, -0.05) is 0 Å². The molecule has 0 aromatic carbocycles. The standard InChI is InChI=1S/C11H22N4O/c1-14(2)4-5-15-10(12)13-8-11(15)6-9(7-11)16-3/h9H,4-8H2,1-3H3,(H2,12,13). The van der Waals surface area contributed by atoms with Gasteiger partial charge in [-0.25, -0.2) is 0 Å². The number of hydrogen-bond acceptors (Lipinski definition) is 5. The lowest BCUT2D eigenvalue weighted by Crippen LogP contribution is -2.62. The molecule has 2 aliphatic rings. The van der Waals surface area contributed by atoms with Crippen molar-refractivity contribution < 1.29 is 4.74 Å². The molecule has 2 rings (SSSR count). The predicted octanol–water partition coefficient (Wildman–Crippen LogP) is -0.274. The summed E-state index contributed by atoms with van der Waals surface area (Å²) >= 11 is 0. The molecule has 5 heteroatoms. The van der Waals surface area contributed by atoms with E-state index in [1.807, 2.05) is 0 Å². The predicted molar refractivity (Wildman–Crippen MR) is 64.5 cm³/mol. The number of hydrogen-bond donors (Lipinski definition) is 1. The van der Waals surface area contributed by atoms with Crippen LogP contribution in [-0.4, -0.2) is 68.2 Å². The Morgan fingerprint density at radius 2 is 2.25 bits per heavy atom. The number of nitrogens with two attached hydrogens (primary N) is 1. The van der Waals surface area contributed by atoms with E-state index in [-0.39, 0.29) is 5.54 Å². The Hall–Kier alpha value is -0.810. The highest BCUT2D eigenvalue weighted by molar-refractivity contribution is 5.81. The Morgan fingerprint density at radius 3 is 2.81 bits per heavy atom. The molecule has 1 spiro atoms. The number of aliphatic imine (C=N–C) groups is 1. The molecule has 0 unspecified atom stereocenters. The zero-order valence-corrected chi connectivity index (χ0v) is 10.4. The Balaban J connectivity index is 1.94. The molecule has 16 heavy (non-hydrogen) atoms. The van der Waals surface area contributed by atoms with Crippen LogP contribution in [0, 0.1) is 0 Å². The third-order valence-corrected chi connectivity index (χ3v) is 3.70. The van der Waals surface area contributed by atoms with Crippen LogP contribution in [0.5, 0.6) is 0 Å². The summed E-state index contributed by atoms with van der Waals surface area (Å²) in [7, 11) is 5.93. The smallest absolute Gasteiger partial charge is 0.191 e. The Labute approximate surface area is 97.2 Å². The van der Waals surface area contributed by atoms with Crippen LogP contribution in [0.1, 0.15) is 12.8 Å². The van der Waals surface area contributed by atoms with Gasteiger partial charge in [-0.3, -0.25) is 4.99 Å². The van der Waals surface area contributed by atoms with Crippen molar-refractivity contribution in [2.45, 2.75) is 24.5 Å². The van der Waals surface area contributed by atoms with Gasteiger partial charge in [-0.2, -0.15) is 0 Å². The first-order chi connectivity index (χ1) is 7.57. The lowest BCUT2D eigenvalue weighted by atomic mass is 9.73. The maximum absolute atomic E-state index is 5.95. The summed E-state index contributed by atoms with van der Waals surface area (Å²) in [5, 5.41) is 0. The van der Waals surface area contributed by atoms with Gasteiger partial charge in [0.05, 0.1) is 18.2 Å². The van der Waals surface area contributed by atoms with E-state index in [1.54, 1.807) is 7.11 Å². The average Bonchev–Trinajstić information content (AvgIpc) is 2.50. The molecule has 1 fully saturated rings. The van der Waals surface area contributed by atoms with E-state index >= 15 is 0 Å². The molecule has 92 valence electrons. The molecular weight excluding hydrogens is 204 g/mol. The minimum absolute atomic E-state index is 0.167. The first-order valence-electron chi connectivity index (χ1n) is 5.82. The quantitative estimate of drug-likeness (QED) is 0.717. The number of nitrogens with zero attached hydrogens (tertiary/aromatic N) is 3. The van der Waals surface area contributed by atoms with Crippen molar-refractivity contribution in [2.75, 3.05) is 40.8 Å². The van der Waals surface area contributed by atoms with Crippen LogP contribution < -0.4 is 5.73 Å².